The number of nitrogens with one attached hydrogen (secondary N) is 2. The molecule has 0 aliphatic carbocycles. The van der Waals surface area contributed by atoms with Crippen molar-refractivity contribution in [3.8, 4) is 0 Å². The molecule has 0 aliphatic rings. The van der Waals surface area contributed by atoms with Crippen molar-refractivity contribution in [3.05, 3.63) is 62.4 Å². The first-order valence-electron chi connectivity index (χ1n) is 6.30. The topological polar surface area (TPSA) is 84.0 Å². The molecule has 0 bridgehead atoms. The molecule has 0 aliphatic heterocycles. The van der Waals surface area contributed by atoms with E-state index in [1.807, 2.05) is 0 Å². The number of hydrogen-bond donors (Lipinski definition) is 2. The van der Waals surface area contributed by atoms with Crippen LogP contribution in [0.15, 0.2) is 45.3 Å². The number of anilines is 1. The molecular formula is C14H10FN3O3S. The van der Waals surface area contributed by atoms with Crippen LogP contribution in [0.3, 0.4) is 0 Å². The minimum Gasteiger partial charge on any atom is -0.325 e. The highest BCUT2D eigenvalue weighted by Gasteiger charge is 2.12. The monoisotopic (exact) mass is 319 g/mol. The molecule has 0 saturated carbocycles. The zero-order chi connectivity index (χ0) is 15.7. The normalized spacial score (nSPS) is 10.8. The molecule has 0 radical (unpaired) electrons. The average Bonchev–Trinajstić information content (AvgIpc) is 2.94. The predicted molar refractivity (Wildman–Crippen MR) is 81.7 cm³/mol. The number of hydrogen-bond acceptors (Lipinski definition) is 4. The smallest absolute Gasteiger partial charge is 0.325 e. The number of carbonyl (C=O) groups excluding carboxylic acids is 1. The van der Waals surface area contributed by atoms with E-state index in [1.165, 1.54) is 35.6 Å². The minimum absolute atomic E-state index is 0.382. The van der Waals surface area contributed by atoms with Crippen molar-refractivity contribution in [2.75, 3.05) is 5.32 Å². The van der Waals surface area contributed by atoms with Crippen LogP contribution in [0, 0.1) is 5.82 Å². The first-order valence-corrected chi connectivity index (χ1v) is 7.18. The molecule has 2 heterocycles. The Morgan fingerprint density at radius 2 is 1.95 bits per heavy atom. The molecule has 0 fully saturated rings. The summed E-state index contributed by atoms with van der Waals surface area (Å²) < 4.78 is 14.0. The van der Waals surface area contributed by atoms with Gasteiger partial charge >= 0.3 is 5.69 Å². The van der Waals surface area contributed by atoms with Gasteiger partial charge in [0.25, 0.3) is 5.56 Å². The zero-order valence-electron chi connectivity index (χ0n) is 11.1. The molecule has 22 heavy (non-hydrogen) atoms. The standard InChI is InChI=1S/C14H10FN3O3S/c15-8-1-3-9(4-2-8)16-11(19)7-18-13(20)12-10(5-6-22-12)17-14(18)21/h1-6H,7H2,(H,16,19)(H,17,21). The fraction of sp³-hybridized carbons (Fsp3) is 0.0714. The number of H-pyrrole nitrogens is 1. The molecule has 112 valence electrons. The summed E-state index contributed by atoms with van der Waals surface area (Å²) in [4.78, 5) is 38.5. The van der Waals surface area contributed by atoms with Crippen molar-refractivity contribution < 1.29 is 9.18 Å². The Labute approximate surface area is 126 Å². The molecule has 2 N–H and O–H groups in total. The lowest BCUT2D eigenvalue weighted by Gasteiger charge is -2.06. The van der Waals surface area contributed by atoms with E-state index in [9.17, 15) is 18.8 Å². The molecule has 8 heteroatoms. The van der Waals surface area contributed by atoms with Crippen LogP contribution in [0.4, 0.5) is 10.1 Å². The van der Waals surface area contributed by atoms with E-state index in [1.54, 1.807) is 11.4 Å². The second-order valence-electron chi connectivity index (χ2n) is 4.54. The van der Waals surface area contributed by atoms with E-state index < -0.39 is 29.5 Å². The number of halogens is 1. The minimum atomic E-state index is -0.648. The van der Waals surface area contributed by atoms with Gasteiger partial charge in [0, 0.05) is 5.69 Å². The van der Waals surface area contributed by atoms with Crippen molar-refractivity contribution in [1.82, 2.24) is 9.55 Å². The van der Waals surface area contributed by atoms with Crippen molar-refractivity contribution in [2.24, 2.45) is 0 Å². The molecule has 0 saturated heterocycles. The van der Waals surface area contributed by atoms with Crippen LogP contribution in [0.2, 0.25) is 0 Å². The number of rotatable bonds is 3. The van der Waals surface area contributed by atoms with Crippen LogP contribution >= 0.6 is 11.3 Å². The Hall–Kier alpha value is -2.74. The van der Waals surface area contributed by atoms with Crippen LogP contribution in [-0.4, -0.2) is 15.5 Å². The fourth-order valence-corrected chi connectivity index (χ4v) is 2.79. The second kappa shape index (κ2) is 5.57. The van der Waals surface area contributed by atoms with Gasteiger partial charge in [-0.05, 0) is 35.7 Å². The lowest BCUT2D eigenvalue weighted by atomic mass is 10.3. The maximum atomic E-state index is 12.8. The lowest BCUT2D eigenvalue weighted by molar-refractivity contribution is -0.116. The summed E-state index contributed by atoms with van der Waals surface area (Å²) in [6.07, 6.45) is 0. The second-order valence-corrected chi connectivity index (χ2v) is 5.46. The molecule has 2 aromatic heterocycles. The Bertz CT molecular complexity index is 956. The van der Waals surface area contributed by atoms with E-state index in [4.69, 9.17) is 0 Å². The molecule has 1 amide bonds. The summed E-state index contributed by atoms with van der Waals surface area (Å²) >= 11 is 1.19. The summed E-state index contributed by atoms with van der Waals surface area (Å²) in [6.45, 7) is -0.417. The Morgan fingerprint density at radius 3 is 2.68 bits per heavy atom. The highest BCUT2D eigenvalue weighted by atomic mass is 32.1. The highest BCUT2D eigenvalue weighted by Crippen LogP contribution is 2.12. The van der Waals surface area contributed by atoms with Crippen molar-refractivity contribution in [2.45, 2.75) is 6.54 Å². The highest BCUT2D eigenvalue weighted by molar-refractivity contribution is 7.17. The number of aromatic amines is 1. The summed E-state index contributed by atoms with van der Waals surface area (Å²) in [5.41, 5.74) is -0.323. The van der Waals surface area contributed by atoms with Crippen molar-refractivity contribution >= 4 is 33.1 Å². The summed E-state index contributed by atoms with van der Waals surface area (Å²) in [5, 5.41) is 4.18. The first kappa shape index (κ1) is 14.2. The molecule has 6 nitrogen and oxygen atoms in total. The van der Waals surface area contributed by atoms with Gasteiger partial charge in [0.05, 0.1) is 5.52 Å². The van der Waals surface area contributed by atoms with E-state index in [0.29, 0.717) is 15.9 Å². The molecule has 0 unspecified atom stereocenters. The third kappa shape index (κ3) is 2.68. The third-order valence-corrected chi connectivity index (χ3v) is 3.92. The van der Waals surface area contributed by atoms with Gasteiger partial charge in [-0.1, -0.05) is 0 Å². The van der Waals surface area contributed by atoms with Gasteiger partial charge in [-0.3, -0.25) is 9.59 Å². The lowest BCUT2D eigenvalue weighted by Crippen LogP contribution is -2.38. The van der Waals surface area contributed by atoms with E-state index >= 15 is 0 Å². The Morgan fingerprint density at radius 1 is 1.23 bits per heavy atom. The first-order chi connectivity index (χ1) is 10.5. The summed E-state index contributed by atoms with van der Waals surface area (Å²) in [5.74, 6) is -0.969. The van der Waals surface area contributed by atoms with Crippen LogP contribution < -0.4 is 16.6 Å². The molecule has 1 aromatic carbocycles. The van der Waals surface area contributed by atoms with Crippen LogP contribution in [0.1, 0.15) is 0 Å². The summed E-state index contributed by atoms with van der Waals surface area (Å²) in [6, 6.07) is 6.82. The third-order valence-electron chi connectivity index (χ3n) is 3.02. The number of amides is 1. The SMILES string of the molecule is O=C(Cn1c(=O)[nH]c2ccsc2c1=O)Nc1ccc(F)cc1. The van der Waals surface area contributed by atoms with E-state index in [0.717, 1.165) is 4.57 Å². The number of carbonyl (C=O) groups is 1. The van der Waals surface area contributed by atoms with Gasteiger partial charge in [-0.2, -0.15) is 0 Å². The average molecular weight is 319 g/mol. The number of aromatic nitrogens is 2. The maximum Gasteiger partial charge on any atom is 0.329 e. The number of thiophene rings is 1. The van der Waals surface area contributed by atoms with Crippen LogP contribution in [0.5, 0.6) is 0 Å². The van der Waals surface area contributed by atoms with Gasteiger partial charge in [0.2, 0.25) is 5.91 Å². The number of fused-ring (bicyclic) bond motifs is 1. The maximum absolute atomic E-state index is 12.8. The summed E-state index contributed by atoms with van der Waals surface area (Å²) in [7, 11) is 0. The predicted octanol–water partition coefficient (Wildman–Crippen LogP) is 1.53. The van der Waals surface area contributed by atoms with E-state index in [-0.39, 0.29) is 0 Å². The van der Waals surface area contributed by atoms with Crippen molar-refractivity contribution in [1.29, 1.82) is 0 Å². The molecule has 3 aromatic rings. The van der Waals surface area contributed by atoms with E-state index in [2.05, 4.69) is 10.3 Å². The number of benzene rings is 1. The molecule has 0 spiro atoms. The fourth-order valence-electron chi connectivity index (χ4n) is 1.99. The zero-order valence-corrected chi connectivity index (χ0v) is 11.9. The van der Waals surface area contributed by atoms with Crippen LogP contribution in [0.25, 0.3) is 10.2 Å². The molecule has 0 atom stereocenters. The van der Waals surface area contributed by atoms with Gasteiger partial charge in [-0.15, -0.1) is 11.3 Å². The number of nitrogens with zero attached hydrogens (tertiary/aromatic N) is 1. The molecule has 3 rings (SSSR count). The van der Waals surface area contributed by atoms with Gasteiger partial charge in [-0.25, -0.2) is 13.8 Å². The quantitative estimate of drug-likeness (QED) is 0.768. The van der Waals surface area contributed by atoms with Gasteiger partial charge < -0.3 is 10.3 Å². The van der Waals surface area contributed by atoms with Gasteiger partial charge in [0.1, 0.15) is 17.1 Å². The Kier molecular flexibility index (Phi) is 3.60. The van der Waals surface area contributed by atoms with Gasteiger partial charge in [0.15, 0.2) is 0 Å². The Balaban J connectivity index is 1.86. The molecular weight excluding hydrogens is 309 g/mol. The largest absolute Gasteiger partial charge is 0.329 e. The van der Waals surface area contributed by atoms with Crippen molar-refractivity contribution in [3.63, 3.8) is 0 Å². The van der Waals surface area contributed by atoms with Crippen LogP contribution in [-0.2, 0) is 11.3 Å².